The van der Waals surface area contributed by atoms with Gasteiger partial charge in [0, 0.05) is 9.89 Å². The predicted molar refractivity (Wildman–Crippen MR) is 74.2 cm³/mol. The Kier molecular flexibility index (Phi) is 3.15. The Morgan fingerprint density at radius 1 is 1.37 bits per heavy atom. The van der Waals surface area contributed by atoms with Crippen LogP contribution in [-0.4, -0.2) is 34.0 Å². The van der Waals surface area contributed by atoms with Gasteiger partial charge in [0.15, 0.2) is 9.84 Å². The molecule has 104 valence electrons. The van der Waals surface area contributed by atoms with Crippen LogP contribution in [0.5, 0.6) is 5.75 Å². The lowest BCUT2D eigenvalue weighted by Crippen LogP contribution is -2.56. The molecular weight excluding hydrogens is 332 g/mol. The van der Waals surface area contributed by atoms with Gasteiger partial charge in [-0.15, -0.1) is 0 Å². The minimum atomic E-state index is -3.33. The highest BCUT2D eigenvalue weighted by molar-refractivity contribution is 9.10. The molecule has 6 heteroatoms. The van der Waals surface area contributed by atoms with Crippen LogP contribution in [0.4, 0.5) is 0 Å². The number of hydrogen-bond acceptors (Lipinski definition) is 4. The van der Waals surface area contributed by atoms with Crippen molar-refractivity contribution < 1.29 is 17.9 Å². The van der Waals surface area contributed by atoms with Crippen molar-refractivity contribution >= 4 is 25.8 Å². The first-order valence-electron chi connectivity index (χ1n) is 6.12. The van der Waals surface area contributed by atoms with Gasteiger partial charge in [-0.2, -0.15) is 0 Å². The molecule has 1 saturated carbocycles. The van der Waals surface area contributed by atoms with Crippen LogP contribution in [0.2, 0.25) is 0 Å². The number of methoxy groups -OCH3 is 1. The lowest BCUT2D eigenvalue weighted by Gasteiger charge is -2.52. The van der Waals surface area contributed by atoms with Crippen molar-refractivity contribution in [1.29, 1.82) is 0 Å². The molecule has 0 unspecified atom stereocenters. The molecule has 0 N–H and O–H groups in total. The van der Waals surface area contributed by atoms with E-state index in [1.54, 1.807) is 18.2 Å². The summed E-state index contributed by atoms with van der Waals surface area (Å²) in [7, 11) is -1.83. The maximum Gasteiger partial charge on any atom is 0.184 e. The molecule has 4 nitrogen and oxygen atoms in total. The molecule has 19 heavy (non-hydrogen) atoms. The molecule has 0 aromatic heterocycles. The molecular formula is C13H15BrO4S. The Balaban J connectivity index is 1.90. The number of rotatable bonds is 3. The second-order valence-corrected chi connectivity index (χ2v) is 8.48. The van der Waals surface area contributed by atoms with Gasteiger partial charge in [0.05, 0.1) is 25.6 Å². The molecule has 0 atom stereocenters. The number of halogens is 1. The summed E-state index contributed by atoms with van der Waals surface area (Å²) in [5, 5.41) is -0.306. The largest absolute Gasteiger partial charge is 0.495 e. The van der Waals surface area contributed by atoms with Gasteiger partial charge in [-0.1, -0.05) is 15.9 Å². The van der Waals surface area contributed by atoms with E-state index in [9.17, 15) is 8.42 Å². The van der Waals surface area contributed by atoms with Gasteiger partial charge in [-0.25, -0.2) is 8.42 Å². The van der Waals surface area contributed by atoms with E-state index in [-0.39, 0.29) is 15.6 Å². The topological polar surface area (TPSA) is 52.6 Å². The lowest BCUT2D eigenvalue weighted by molar-refractivity contribution is -0.153. The zero-order valence-corrected chi connectivity index (χ0v) is 13.0. The molecule has 0 radical (unpaired) electrons. The van der Waals surface area contributed by atoms with Crippen LogP contribution >= 0.6 is 15.9 Å². The average Bonchev–Trinajstić information content (AvgIpc) is 2.24. The van der Waals surface area contributed by atoms with Gasteiger partial charge in [0.2, 0.25) is 0 Å². The highest BCUT2D eigenvalue weighted by atomic mass is 79.9. The normalized spacial score (nSPS) is 21.8. The molecule has 2 aliphatic rings. The van der Waals surface area contributed by atoms with Crippen molar-refractivity contribution in [3.63, 3.8) is 0 Å². The number of benzene rings is 1. The number of hydrogen-bond donors (Lipinski definition) is 0. The van der Waals surface area contributed by atoms with E-state index in [2.05, 4.69) is 15.9 Å². The smallest absolute Gasteiger partial charge is 0.184 e. The van der Waals surface area contributed by atoms with E-state index in [1.807, 2.05) is 0 Å². The molecule has 1 heterocycles. The quantitative estimate of drug-likeness (QED) is 0.843. The van der Waals surface area contributed by atoms with Crippen molar-refractivity contribution in [2.75, 3.05) is 20.3 Å². The second-order valence-electron chi connectivity index (χ2n) is 5.36. The molecule has 0 bridgehead atoms. The average molecular weight is 347 g/mol. The molecule has 3 rings (SSSR count). The van der Waals surface area contributed by atoms with Crippen LogP contribution in [-0.2, 0) is 14.6 Å². The third-order valence-corrected chi connectivity index (χ3v) is 6.65. The zero-order chi connectivity index (χ0) is 13.7. The first-order chi connectivity index (χ1) is 8.97. The summed E-state index contributed by atoms with van der Waals surface area (Å²) in [5.41, 5.74) is 0.136. The monoisotopic (exact) mass is 346 g/mol. The van der Waals surface area contributed by atoms with Gasteiger partial charge in [0.25, 0.3) is 0 Å². The van der Waals surface area contributed by atoms with Crippen molar-refractivity contribution in [1.82, 2.24) is 0 Å². The van der Waals surface area contributed by atoms with Gasteiger partial charge in [0.1, 0.15) is 10.6 Å². The first-order valence-corrected chi connectivity index (χ1v) is 8.46. The molecule has 1 spiro atoms. The van der Waals surface area contributed by atoms with Crippen LogP contribution in [0.3, 0.4) is 0 Å². The van der Waals surface area contributed by atoms with E-state index in [0.717, 1.165) is 4.47 Å². The van der Waals surface area contributed by atoms with Crippen LogP contribution in [0, 0.1) is 5.41 Å². The SMILES string of the molecule is COc1ccc(Br)cc1S(=O)(=O)C1CC2(COC2)C1. The summed E-state index contributed by atoms with van der Waals surface area (Å²) >= 11 is 3.31. The fourth-order valence-electron chi connectivity index (χ4n) is 2.80. The maximum absolute atomic E-state index is 12.6. The Morgan fingerprint density at radius 3 is 2.58 bits per heavy atom. The zero-order valence-electron chi connectivity index (χ0n) is 10.6. The number of sulfone groups is 1. The molecule has 1 aromatic rings. The summed E-state index contributed by atoms with van der Waals surface area (Å²) in [6, 6.07) is 5.08. The fourth-order valence-corrected chi connectivity index (χ4v) is 5.55. The lowest BCUT2D eigenvalue weighted by atomic mass is 9.67. The van der Waals surface area contributed by atoms with Crippen LogP contribution in [0.25, 0.3) is 0 Å². The van der Waals surface area contributed by atoms with E-state index in [4.69, 9.17) is 9.47 Å². The molecule has 1 saturated heterocycles. The van der Waals surface area contributed by atoms with Crippen molar-refractivity contribution in [2.45, 2.75) is 23.0 Å². The van der Waals surface area contributed by atoms with Gasteiger partial charge < -0.3 is 9.47 Å². The summed E-state index contributed by atoms with van der Waals surface area (Å²) in [6.45, 7) is 1.41. The van der Waals surface area contributed by atoms with Crippen molar-refractivity contribution in [3.8, 4) is 5.75 Å². The van der Waals surface area contributed by atoms with Gasteiger partial charge >= 0.3 is 0 Å². The van der Waals surface area contributed by atoms with Crippen LogP contribution in [0.1, 0.15) is 12.8 Å². The van der Waals surface area contributed by atoms with Crippen molar-refractivity contribution in [3.05, 3.63) is 22.7 Å². The maximum atomic E-state index is 12.6. The fraction of sp³-hybridized carbons (Fsp3) is 0.538. The highest BCUT2D eigenvalue weighted by Crippen LogP contribution is 2.51. The Bertz CT molecular complexity index is 599. The van der Waals surface area contributed by atoms with Crippen LogP contribution in [0.15, 0.2) is 27.6 Å². The van der Waals surface area contributed by atoms with E-state index >= 15 is 0 Å². The first kappa shape index (κ1) is 13.4. The van der Waals surface area contributed by atoms with Crippen LogP contribution < -0.4 is 4.74 Å². The Hall–Kier alpha value is -0.590. The summed E-state index contributed by atoms with van der Waals surface area (Å²) in [6.07, 6.45) is 1.40. The molecule has 1 aliphatic heterocycles. The minimum Gasteiger partial charge on any atom is -0.495 e. The minimum absolute atomic E-state index is 0.136. The molecule has 1 aliphatic carbocycles. The second kappa shape index (κ2) is 4.46. The predicted octanol–water partition coefficient (Wildman–Crippen LogP) is 2.41. The molecule has 2 fully saturated rings. The summed E-state index contributed by atoms with van der Waals surface area (Å²) in [5.74, 6) is 0.411. The summed E-state index contributed by atoms with van der Waals surface area (Å²) < 4.78 is 36.4. The molecule has 0 amide bonds. The number of ether oxygens (including phenoxy) is 2. The summed E-state index contributed by atoms with van der Waals surface area (Å²) in [4.78, 5) is 0.282. The van der Waals surface area contributed by atoms with E-state index in [0.29, 0.717) is 31.8 Å². The highest BCUT2D eigenvalue weighted by Gasteiger charge is 2.54. The Morgan fingerprint density at radius 2 is 2.05 bits per heavy atom. The van der Waals surface area contributed by atoms with E-state index < -0.39 is 9.84 Å². The van der Waals surface area contributed by atoms with Gasteiger partial charge in [-0.05, 0) is 31.0 Å². The standard InChI is InChI=1S/C13H15BrO4S/c1-17-11-3-2-9(14)4-12(11)19(15,16)10-5-13(6-10)7-18-8-13/h2-4,10H,5-8H2,1H3. The molecule has 1 aromatic carbocycles. The third-order valence-electron chi connectivity index (χ3n) is 4.01. The Labute approximate surface area is 121 Å². The van der Waals surface area contributed by atoms with Crippen molar-refractivity contribution in [2.24, 2.45) is 5.41 Å². The van der Waals surface area contributed by atoms with Gasteiger partial charge in [-0.3, -0.25) is 0 Å². The third kappa shape index (κ3) is 2.10. The van der Waals surface area contributed by atoms with E-state index in [1.165, 1.54) is 7.11 Å².